The highest BCUT2D eigenvalue weighted by Crippen LogP contribution is 2.29. The third kappa shape index (κ3) is 3.39. The summed E-state index contributed by atoms with van der Waals surface area (Å²) in [4.78, 5) is 2.18. The van der Waals surface area contributed by atoms with Crippen LogP contribution in [0.1, 0.15) is 42.7 Å². The summed E-state index contributed by atoms with van der Waals surface area (Å²) in [7, 11) is 0. The summed E-state index contributed by atoms with van der Waals surface area (Å²) in [6.45, 7) is 5.62. The fourth-order valence-corrected chi connectivity index (χ4v) is 3.24. The highest BCUT2D eigenvalue weighted by Gasteiger charge is 2.20. The van der Waals surface area contributed by atoms with Gasteiger partial charge in [-0.05, 0) is 56.5 Å². The lowest BCUT2D eigenvalue weighted by Gasteiger charge is -2.32. The number of furan rings is 1. The largest absolute Gasteiger partial charge is 0.467 e. The molecule has 0 bridgehead atoms. The van der Waals surface area contributed by atoms with Gasteiger partial charge in [-0.1, -0.05) is 0 Å². The first kappa shape index (κ1) is 16.4. The summed E-state index contributed by atoms with van der Waals surface area (Å²) in [6.07, 6.45) is 2.97. The van der Waals surface area contributed by atoms with Gasteiger partial charge in [0.1, 0.15) is 11.8 Å². The number of aryl methyl sites for hydroxylation is 1. The molecule has 1 aliphatic rings. The molecule has 0 amide bonds. The van der Waals surface area contributed by atoms with Crippen molar-refractivity contribution < 1.29 is 9.52 Å². The molecule has 1 atom stereocenters. The Bertz CT molecular complexity index is 739. The van der Waals surface area contributed by atoms with Crippen molar-refractivity contribution in [1.29, 1.82) is 5.26 Å². The Morgan fingerprint density at radius 3 is 2.71 bits per heavy atom. The molecule has 5 nitrogen and oxygen atoms in total. The molecule has 24 heavy (non-hydrogen) atoms. The van der Waals surface area contributed by atoms with Crippen molar-refractivity contribution in [2.45, 2.75) is 38.8 Å². The van der Waals surface area contributed by atoms with Crippen LogP contribution in [0.4, 0.5) is 11.4 Å². The molecule has 2 heterocycles. The van der Waals surface area contributed by atoms with Gasteiger partial charge in [0.2, 0.25) is 0 Å². The quantitative estimate of drug-likeness (QED) is 0.898. The van der Waals surface area contributed by atoms with Gasteiger partial charge in [0.15, 0.2) is 0 Å². The zero-order valence-electron chi connectivity index (χ0n) is 14.1. The van der Waals surface area contributed by atoms with Crippen molar-refractivity contribution in [3.05, 3.63) is 47.4 Å². The van der Waals surface area contributed by atoms with E-state index >= 15 is 0 Å². The van der Waals surface area contributed by atoms with E-state index in [0.29, 0.717) is 5.56 Å². The molecule has 3 rings (SSSR count). The Balaban J connectivity index is 1.77. The number of anilines is 2. The van der Waals surface area contributed by atoms with E-state index in [1.807, 2.05) is 38.1 Å². The van der Waals surface area contributed by atoms with Gasteiger partial charge < -0.3 is 19.7 Å². The van der Waals surface area contributed by atoms with Gasteiger partial charge in [-0.15, -0.1) is 0 Å². The molecule has 1 aromatic heterocycles. The van der Waals surface area contributed by atoms with E-state index in [0.717, 1.165) is 48.6 Å². The van der Waals surface area contributed by atoms with Gasteiger partial charge in [0.25, 0.3) is 0 Å². The molecule has 2 N–H and O–H groups in total. The molecule has 0 radical (unpaired) electrons. The number of hydrogen-bond acceptors (Lipinski definition) is 5. The fourth-order valence-electron chi connectivity index (χ4n) is 3.24. The van der Waals surface area contributed by atoms with Crippen LogP contribution in [0.2, 0.25) is 0 Å². The standard InChI is InChI=1S/C19H23N3O2/c1-13-7-10-24-19(13)14(2)21-16-3-4-18(15(11-16)12-20)22-8-5-17(23)6-9-22/h3-4,7,10-11,14,17,21,23H,5-6,8-9H2,1-2H3. The van der Waals surface area contributed by atoms with Crippen molar-refractivity contribution in [3.63, 3.8) is 0 Å². The number of rotatable bonds is 4. The van der Waals surface area contributed by atoms with Crippen molar-refractivity contribution >= 4 is 11.4 Å². The van der Waals surface area contributed by atoms with E-state index in [9.17, 15) is 10.4 Å². The molecule has 1 aromatic carbocycles. The highest BCUT2D eigenvalue weighted by molar-refractivity contribution is 5.66. The molecule has 2 aromatic rings. The van der Waals surface area contributed by atoms with E-state index < -0.39 is 0 Å². The van der Waals surface area contributed by atoms with Gasteiger partial charge in [0, 0.05) is 18.8 Å². The summed E-state index contributed by atoms with van der Waals surface area (Å²) < 4.78 is 5.52. The number of nitrogens with zero attached hydrogens (tertiary/aromatic N) is 2. The lowest BCUT2D eigenvalue weighted by atomic mass is 10.0. The molecule has 126 valence electrons. The third-order valence-corrected chi connectivity index (χ3v) is 4.60. The maximum atomic E-state index is 9.65. The SMILES string of the molecule is Cc1ccoc1C(C)Nc1ccc(N2CCC(O)CC2)c(C#N)c1. The van der Waals surface area contributed by atoms with E-state index in [1.165, 1.54) is 0 Å². The molecule has 1 fully saturated rings. The minimum Gasteiger partial charge on any atom is -0.467 e. The molecule has 5 heteroatoms. The van der Waals surface area contributed by atoms with Crippen LogP contribution in [0, 0.1) is 18.3 Å². The van der Waals surface area contributed by atoms with Crippen LogP contribution in [0.25, 0.3) is 0 Å². The smallest absolute Gasteiger partial charge is 0.128 e. The number of aliphatic hydroxyl groups is 1. The molecule has 1 unspecified atom stereocenters. The van der Waals surface area contributed by atoms with Crippen molar-refractivity contribution in [1.82, 2.24) is 0 Å². The summed E-state index contributed by atoms with van der Waals surface area (Å²) in [5.74, 6) is 0.905. The number of nitriles is 1. The Labute approximate surface area is 142 Å². The minimum absolute atomic E-state index is 0.0301. The fraction of sp³-hybridized carbons (Fsp3) is 0.421. The van der Waals surface area contributed by atoms with Crippen LogP contribution in [0.3, 0.4) is 0 Å². The molecule has 1 aliphatic heterocycles. The molecule has 1 saturated heterocycles. The maximum Gasteiger partial charge on any atom is 0.128 e. The Morgan fingerprint density at radius 1 is 1.33 bits per heavy atom. The van der Waals surface area contributed by atoms with Crippen LogP contribution in [0.5, 0.6) is 0 Å². The number of aliphatic hydroxyl groups excluding tert-OH is 1. The maximum absolute atomic E-state index is 9.65. The van der Waals surface area contributed by atoms with Crippen LogP contribution in [0.15, 0.2) is 34.9 Å². The number of piperidine rings is 1. The lowest BCUT2D eigenvalue weighted by molar-refractivity contribution is 0.145. The molecular weight excluding hydrogens is 302 g/mol. The summed E-state index contributed by atoms with van der Waals surface area (Å²) in [5.41, 5.74) is 3.60. The van der Waals surface area contributed by atoms with Crippen LogP contribution in [-0.4, -0.2) is 24.3 Å². The normalized spacial score (nSPS) is 16.7. The predicted molar refractivity (Wildman–Crippen MR) is 94.1 cm³/mol. The average molecular weight is 325 g/mol. The van der Waals surface area contributed by atoms with Gasteiger partial charge in [-0.25, -0.2) is 0 Å². The number of benzene rings is 1. The van der Waals surface area contributed by atoms with Gasteiger partial charge in [-0.3, -0.25) is 0 Å². The van der Waals surface area contributed by atoms with Crippen molar-refractivity contribution in [2.75, 3.05) is 23.3 Å². The first-order valence-electron chi connectivity index (χ1n) is 8.36. The van der Waals surface area contributed by atoms with Crippen LogP contribution in [-0.2, 0) is 0 Å². The summed E-state index contributed by atoms with van der Waals surface area (Å²) in [6, 6.07) is 10.1. The van der Waals surface area contributed by atoms with E-state index in [1.54, 1.807) is 6.26 Å². The van der Waals surface area contributed by atoms with E-state index in [2.05, 4.69) is 16.3 Å². The molecule has 0 spiro atoms. The van der Waals surface area contributed by atoms with Crippen molar-refractivity contribution in [2.24, 2.45) is 0 Å². The first-order chi connectivity index (χ1) is 11.6. The highest BCUT2D eigenvalue weighted by atomic mass is 16.3. The monoisotopic (exact) mass is 325 g/mol. The molecule has 0 aliphatic carbocycles. The zero-order chi connectivity index (χ0) is 17.1. The Hall–Kier alpha value is -2.45. The summed E-state index contributed by atoms with van der Waals surface area (Å²) in [5, 5.41) is 22.6. The lowest BCUT2D eigenvalue weighted by Crippen LogP contribution is -2.36. The predicted octanol–water partition coefficient (Wildman–Crippen LogP) is 3.59. The van der Waals surface area contributed by atoms with Crippen LogP contribution >= 0.6 is 0 Å². The van der Waals surface area contributed by atoms with Crippen molar-refractivity contribution in [3.8, 4) is 6.07 Å². The molecule has 0 saturated carbocycles. The number of hydrogen-bond donors (Lipinski definition) is 2. The summed E-state index contributed by atoms with van der Waals surface area (Å²) >= 11 is 0. The van der Waals surface area contributed by atoms with E-state index in [-0.39, 0.29) is 12.1 Å². The number of nitrogens with one attached hydrogen (secondary N) is 1. The Morgan fingerprint density at radius 2 is 2.08 bits per heavy atom. The minimum atomic E-state index is -0.217. The third-order valence-electron chi connectivity index (χ3n) is 4.60. The zero-order valence-corrected chi connectivity index (χ0v) is 14.1. The van der Waals surface area contributed by atoms with Gasteiger partial charge in [-0.2, -0.15) is 5.26 Å². The Kier molecular flexibility index (Phi) is 4.77. The van der Waals surface area contributed by atoms with Crippen LogP contribution < -0.4 is 10.2 Å². The average Bonchev–Trinajstić information content (AvgIpc) is 3.02. The topological polar surface area (TPSA) is 72.4 Å². The van der Waals surface area contributed by atoms with Gasteiger partial charge >= 0.3 is 0 Å². The second kappa shape index (κ2) is 6.98. The molecular formula is C19H23N3O2. The van der Waals surface area contributed by atoms with Gasteiger partial charge in [0.05, 0.1) is 29.7 Å². The first-order valence-corrected chi connectivity index (χ1v) is 8.36. The second-order valence-electron chi connectivity index (χ2n) is 6.40. The van der Waals surface area contributed by atoms with E-state index in [4.69, 9.17) is 4.42 Å². The second-order valence-corrected chi connectivity index (χ2v) is 6.40.